The molecule has 1 N–H and O–H groups in total. The van der Waals surface area contributed by atoms with Gasteiger partial charge in [0.1, 0.15) is 8.24 Å². The Hall–Kier alpha value is 0.314. The van der Waals surface area contributed by atoms with Crippen LogP contribution in [0.3, 0.4) is 0 Å². The molecule has 0 spiro atoms. The van der Waals surface area contributed by atoms with Crippen molar-refractivity contribution in [1.29, 1.82) is 0 Å². The fraction of sp³-hybridized carbons (Fsp3) is 1.00. The van der Waals surface area contributed by atoms with E-state index in [-0.39, 0.29) is 0 Å². The van der Waals surface area contributed by atoms with E-state index in [1.54, 1.807) is 14.2 Å². The summed E-state index contributed by atoms with van der Waals surface area (Å²) < 4.78 is 10.7. The molecule has 1 unspecified atom stereocenters. The highest BCUT2D eigenvalue weighted by Gasteiger charge is 2.22. The number of nitrogens with one attached hydrogen (secondary N) is 1. The van der Waals surface area contributed by atoms with Crippen LogP contribution in [0.1, 0.15) is 13.3 Å². The third-order valence-electron chi connectivity index (χ3n) is 2.13. The standard InChI is InChI=1S/C9H25NO2Si2/c1-7-9(10-14(4,5)6)8-13(11-2)12-3/h9-10,13H,7-8H2,1-6H3. The van der Waals surface area contributed by atoms with Crippen LogP contribution in [0.4, 0.5) is 0 Å². The van der Waals surface area contributed by atoms with Crippen molar-refractivity contribution in [3.05, 3.63) is 0 Å². The molecule has 0 aromatic carbocycles. The zero-order valence-corrected chi connectivity index (χ0v) is 12.5. The molecule has 0 aliphatic rings. The lowest BCUT2D eigenvalue weighted by atomic mass is 10.3. The largest absolute Gasteiger partial charge is 0.400 e. The van der Waals surface area contributed by atoms with Crippen LogP contribution < -0.4 is 4.98 Å². The molecule has 3 nitrogen and oxygen atoms in total. The van der Waals surface area contributed by atoms with Crippen LogP contribution >= 0.6 is 0 Å². The molecule has 0 rings (SSSR count). The van der Waals surface area contributed by atoms with Gasteiger partial charge in [0.05, 0.1) is 0 Å². The molecule has 0 aliphatic carbocycles. The second kappa shape index (κ2) is 6.73. The van der Waals surface area contributed by atoms with E-state index in [1.165, 1.54) is 0 Å². The highest BCUT2D eigenvalue weighted by molar-refractivity contribution is 6.73. The van der Waals surface area contributed by atoms with Crippen LogP contribution in [0.25, 0.3) is 0 Å². The maximum Gasteiger partial charge on any atom is 0.322 e. The van der Waals surface area contributed by atoms with Gasteiger partial charge in [-0.05, 0) is 6.42 Å². The molecule has 0 aromatic heterocycles. The van der Waals surface area contributed by atoms with Crippen molar-refractivity contribution < 1.29 is 8.85 Å². The first-order chi connectivity index (χ1) is 6.42. The summed E-state index contributed by atoms with van der Waals surface area (Å²) in [7, 11) is 0.933. The molecule has 14 heavy (non-hydrogen) atoms. The van der Waals surface area contributed by atoms with Gasteiger partial charge in [-0.15, -0.1) is 0 Å². The summed E-state index contributed by atoms with van der Waals surface area (Å²) in [5, 5.41) is 0. The monoisotopic (exact) mass is 235 g/mol. The van der Waals surface area contributed by atoms with E-state index >= 15 is 0 Å². The minimum absolute atomic E-state index is 0.568. The van der Waals surface area contributed by atoms with Crippen molar-refractivity contribution in [1.82, 2.24) is 4.98 Å². The smallest absolute Gasteiger partial charge is 0.322 e. The molecule has 0 amide bonds. The van der Waals surface area contributed by atoms with E-state index < -0.39 is 17.5 Å². The second-order valence-electron chi connectivity index (χ2n) is 4.64. The first-order valence-electron chi connectivity index (χ1n) is 5.26. The van der Waals surface area contributed by atoms with Crippen LogP contribution in [-0.4, -0.2) is 37.8 Å². The Balaban J connectivity index is 4.01. The quantitative estimate of drug-likeness (QED) is 0.682. The summed E-state index contributed by atoms with van der Waals surface area (Å²) >= 11 is 0. The van der Waals surface area contributed by atoms with Gasteiger partial charge in [-0.25, -0.2) is 0 Å². The predicted molar refractivity (Wildman–Crippen MR) is 66.5 cm³/mol. The van der Waals surface area contributed by atoms with Gasteiger partial charge >= 0.3 is 9.28 Å². The van der Waals surface area contributed by atoms with Crippen LogP contribution in [0.2, 0.25) is 25.7 Å². The molecule has 0 aromatic rings. The number of hydrogen-bond donors (Lipinski definition) is 1. The molecule has 1 atom stereocenters. The second-order valence-corrected chi connectivity index (χ2v) is 11.7. The minimum Gasteiger partial charge on any atom is -0.400 e. The lowest BCUT2D eigenvalue weighted by Crippen LogP contribution is -2.49. The predicted octanol–water partition coefficient (Wildman–Crippen LogP) is 1.70. The maximum absolute atomic E-state index is 5.34. The van der Waals surface area contributed by atoms with Crippen molar-refractivity contribution in [3.63, 3.8) is 0 Å². The van der Waals surface area contributed by atoms with Gasteiger partial charge in [0, 0.05) is 26.3 Å². The van der Waals surface area contributed by atoms with Gasteiger partial charge in [0.15, 0.2) is 0 Å². The van der Waals surface area contributed by atoms with E-state index in [2.05, 4.69) is 31.5 Å². The van der Waals surface area contributed by atoms with Gasteiger partial charge in [0.2, 0.25) is 0 Å². The lowest BCUT2D eigenvalue weighted by molar-refractivity contribution is 0.273. The van der Waals surface area contributed by atoms with Gasteiger partial charge in [-0.3, -0.25) is 0 Å². The summed E-state index contributed by atoms with van der Waals surface area (Å²) in [5.41, 5.74) is 0. The van der Waals surface area contributed by atoms with E-state index in [1.807, 2.05) is 0 Å². The summed E-state index contributed by atoms with van der Waals surface area (Å²) in [4.78, 5) is 3.72. The first kappa shape index (κ1) is 14.3. The number of rotatable bonds is 7. The van der Waals surface area contributed by atoms with Gasteiger partial charge in [-0.1, -0.05) is 26.6 Å². The molecule has 0 bridgehead atoms. The third kappa shape index (κ3) is 6.72. The molecule has 0 radical (unpaired) electrons. The Bertz CT molecular complexity index is 146. The van der Waals surface area contributed by atoms with Crippen molar-refractivity contribution in [2.24, 2.45) is 0 Å². The molecule has 0 heterocycles. The van der Waals surface area contributed by atoms with Crippen molar-refractivity contribution in [2.75, 3.05) is 14.2 Å². The van der Waals surface area contributed by atoms with Crippen LogP contribution in [0.15, 0.2) is 0 Å². The topological polar surface area (TPSA) is 30.5 Å². The van der Waals surface area contributed by atoms with Gasteiger partial charge in [0.25, 0.3) is 0 Å². The summed E-state index contributed by atoms with van der Waals surface area (Å²) in [5.74, 6) is 0. The Morgan fingerprint density at radius 2 is 1.71 bits per heavy atom. The molecular weight excluding hydrogens is 210 g/mol. The minimum atomic E-state index is -1.40. The van der Waals surface area contributed by atoms with E-state index in [0.29, 0.717) is 6.04 Å². The summed E-state index contributed by atoms with van der Waals surface area (Å²) in [6.07, 6.45) is 1.15. The molecule has 0 saturated carbocycles. The zero-order chi connectivity index (χ0) is 11.2. The molecule has 86 valence electrons. The van der Waals surface area contributed by atoms with Crippen molar-refractivity contribution in [2.45, 2.75) is 45.1 Å². The normalized spacial score (nSPS) is 14.8. The fourth-order valence-electron chi connectivity index (χ4n) is 1.46. The van der Waals surface area contributed by atoms with Crippen LogP contribution in [0, 0.1) is 0 Å². The Kier molecular flexibility index (Phi) is 6.89. The van der Waals surface area contributed by atoms with Crippen molar-refractivity contribution in [3.8, 4) is 0 Å². The highest BCUT2D eigenvalue weighted by atomic mass is 28.3. The average Bonchev–Trinajstić information content (AvgIpc) is 2.10. The van der Waals surface area contributed by atoms with Gasteiger partial charge < -0.3 is 13.8 Å². The van der Waals surface area contributed by atoms with Crippen molar-refractivity contribution >= 4 is 17.5 Å². The maximum atomic E-state index is 5.34. The summed E-state index contributed by atoms with van der Waals surface area (Å²) in [6.45, 7) is 9.19. The molecule has 5 heteroatoms. The lowest BCUT2D eigenvalue weighted by Gasteiger charge is -2.27. The van der Waals surface area contributed by atoms with E-state index in [0.717, 1.165) is 12.5 Å². The Morgan fingerprint density at radius 1 is 1.21 bits per heavy atom. The van der Waals surface area contributed by atoms with Gasteiger partial charge in [-0.2, -0.15) is 0 Å². The zero-order valence-electron chi connectivity index (χ0n) is 10.4. The van der Waals surface area contributed by atoms with Crippen LogP contribution in [-0.2, 0) is 8.85 Å². The molecule has 0 fully saturated rings. The molecule has 0 saturated heterocycles. The average molecular weight is 235 g/mol. The fourth-order valence-corrected chi connectivity index (χ4v) is 4.74. The SMILES string of the molecule is CCC(C[SiH](OC)OC)N[Si](C)(C)C. The Labute approximate surface area is 91.1 Å². The molecule has 0 aliphatic heterocycles. The van der Waals surface area contributed by atoms with Crippen LogP contribution in [0.5, 0.6) is 0 Å². The van der Waals surface area contributed by atoms with E-state index in [4.69, 9.17) is 8.85 Å². The highest BCUT2D eigenvalue weighted by Crippen LogP contribution is 2.08. The van der Waals surface area contributed by atoms with E-state index in [9.17, 15) is 0 Å². The number of hydrogen-bond acceptors (Lipinski definition) is 3. The third-order valence-corrected chi connectivity index (χ3v) is 5.41. The Morgan fingerprint density at radius 3 is 2.00 bits per heavy atom. The first-order valence-corrected chi connectivity index (χ1v) is 10.5. The summed E-state index contributed by atoms with van der Waals surface area (Å²) in [6, 6.07) is 1.63. The molecular formula is C9H25NO2Si2.